The lowest BCUT2D eigenvalue weighted by Crippen LogP contribution is -2.42. The first-order valence-electron chi connectivity index (χ1n) is 3.53. The number of aliphatic hydroxyl groups is 1. The summed E-state index contributed by atoms with van der Waals surface area (Å²) in [4.78, 5) is 11.7. The number of carbonyl (C=O) groups is 1. The number of amides is 2. The standard InChI is InChI=1S/C6H11F3N2O2/c1-11(2-3-12)5(13)10-4-6(7,8)9/h12H,2-4H2,1H3,(H,10,13). The fraction of sp³-hybridized carbons (Fsp3) is 0.833. The summed E-state index contributed by atoms with van der Waals surface area (Å²) in [5.74, 6) is 0. The quantitative estimate of drug-likeness (QED) is 0.683. The van der Waals surface area contributed by atoms with Crippen molar-refractivity contribution in [2.45, 2.75) is 6.18 Å². The second kappa shape index (κ2) is 4.90. The molecule has 0 unspecified atom stereocenters. The van der Waals surface area contributed by atoms with Crippen LogP contribution in [0.25, 0.3) is 0 Å². The largest absolute Gasteiger partial charge is 0.405 e. The van der Waals surface area contributed by atoms with Gasteiger partial charge in [0.1, 0.15) is 6.54 Å². The van der Waals surface area contributed by atoms with Gasteiger partial charge in [-0.05, 0) is 0 Å². The van der Waals surface area contributed by atoms with Crippen molar-refractivity contribution in [3.8, 4) is 0 Å². The molecule has 0 spiro atoms. The van der Waals surface area contributed by atoms with Crippen LogP contribution in [-0.2, 0) is 0 Å². The Labute approximate surface area is 73.3 Å². The van der Waals surface area contributed by atoms with Crippen LogP contribution in [0.15, 0.2) is 0 Å². The number of likely N-dealkylation sites (N-methyl/N-ethyl adjacent to an activating group) is 1. The van der Waals surface area contributed by atoms with Gasteiger partial charge in [0, 0.05) is 13.6 Å². The lowest BCUT2D eigenvalue weighted by molar-refractivity contribution is -0.123. The summed E-state index contributed by atoms with van der Waals surface area (Å²) in [6.45, 7) is -1.64. The van der Waals surface area contributed by atoms with Gasteiger partial charge < -0.3 is 15.3 Å². The van der Waals surface area contributed by atoms with Gasteiger partial charge in [-0.3, -0.25) is 0 Å². The number of halogens is 3. The number of carbonyl (C=O) groups excluding carboxylic acids is 1. The molecule has 2 N–H and O–H groups in total. The molecule has 0 aromatic carbocycles. The molecule has 0 saturated carbocycles. The summed E-state index contributed by atoms with van der Waals surface area (Å²) < 4.78 is 34.7. The summed E-state index contributed by atoms with van der Waals surface area (Å²) in [5, 5.41) is 10.0. The van der Waals surface area contributed by atoms with Gasteiger partial charge in [-0.2, -0.15) is 13.2 Å². The van der Waals surface area contributed by atoms with Crippen molar-refractivity contribution in [2.75, 3.05) is 26.7 Å². The minimum absolute atomic E-state index is 0.00366. The van der Waals surface area contributed by atoms with Crippen LogP contribution in [0, 0.1) is 0 Å². The Balaban J connectivity index is 3.74. The Hall–Kier alpha value is -0.980. The number of rotatable bonds is 3. The lowest BCUT2D eigenvalue weighted by Gasteiger charge is -2.17. The average molecular weight is 200 g/mol. The molecule has 4 nitrogen and oxygen atoms in total. The fourth-order valence-corrected chi connectivity index (χ4v) is 0.562. The van der Waals surface area contributed by atoms with Gasteiger partial charge in [0.05, 0.1) is 6.61 Å². The second-order valence-corrected chi connectivity index (χ2v) is 2.42. The topological polar surface area (TPSA) is 52.6 Å². The Bertz CT molecular complexity index is 172. The van der Waals surface area contributed by atoms with E-state index in [1.807, 2.05) is 0 Å². The third-order valence-electron chi connectivity index (χ3n) is 1.22. The molecule has 0 aliphatic heterocycles. The lowest BCUT2D eigenvalue weighted by atomic mass is 10.6. The highest BCUT2D eigenvalue weighted by Crippen LogP contribution is 2.12. The summed E-state index contributed by atoms with van der Waals surface area (Å²) in [6.07, 6.45) is -4.41. The monoisotopic (exact) mass is 200 g/mol. The van der Waals surface area contributed by atoms with Crippen LogP contribution >= 0.6 is 0 Å². The highest BCUT2D eigenvalue weighted by Gasteiger charge is 2.28. The molecule has 0 heterocycles. The minimum Gasteiger partial charge on any atom is -0.395 e. The van der Waals surface area contributed by atoms with E-state index in [0.29, 0.717) is 0 Å². The SMILES string of the molecule is CN(CCO)C(=O)NCC(F)(F)F. The minimum atomic E-state index is -4.41. The molecule has 0 bridgehead atoms. The van der Waals surface area contributed by atoms with E-state index in [1.54, 1.807) is 5.32 Å². The van der Waals surface area contributed by atoms with Crippen molar-refractivity contribution >= 4 is 6.03 Å². The first-order chi connectivity index (χ1) is 5.87. The molecule has 0 aromatic heterocycles. The van der Waals surface area contributed by atoms with E-state index < -0.39 is 18.8 Å². The summed E-state index contributed by atoms with van der Waals surface area (Å²) in [6, 6.07) is -0.855. The molecule has 0 aliphatic rings. The summed E-state index contributed by atoms with van der Waals surface area (Å²) >= 11 is 0. The Kier molecular flexibility index (Phi) is 4.53. The number of aliphatic hydroxyl groups excluding tert-OH is 1. The number of alkyl halides is 3. The van der Waals surface area contributed by atoms with Gasteiger partial charge in [0.25, 0.3) is 0 Å². The molecule has 0 fully saturated rings. The van der Waals surface area contributed by atoms with Crippen LogP contribution in [-0.4, -0.2) is 49.0 Å². The predicted molar refractivity (Wildman–Crippen MR) is 39.2 cm³/mol. The van der Waals surface area contributed by atoms with E-state index >= 15 is 0 Å². The first-order valence-corrected chi connectivity index (χ1v) is 3.53. The molecule has 0 saturated heterocycles. The van der Waals surface area contributed by atoms with Crippen molar-refractivity contribution in [2.24, 2.45) is 0 Å². The molecule has 7 heteroatoms. The average Bonchev–Trinajstić information content (AvgIpc) is 1.99. The first kappa shape index (κ1) is 12.0. The summed E-state index contributed by atoms with van der Waals surface area (Å²) in [5.41, 5.74) is 0. The van der Waals surface area contributed by atoms with E-state index in [9.17, 15) is 18.0 Å². The number of hydrogen-bond acceptors (Lipinski definition) is 2. The van der Waals surface area contributed by atoms with Crippen molar-refractivity contribution < 1.29 is 23.1 Å². The maximum absolute atomic E-state index is 11.6. The molecule has 78 valence electrons. The number of hydrogen-bond donors (Lipinski definition) is 2. The van der Waals surface area contributed by atoms with Crippen LogP contribution in [0.1, 0.15) is 0 Å². The zero-order chi connectivity index (χ0) is 10.5. The van der Waals surface area contributed by atoms with Gasteiger partial charge in [0.2, 0.25) is 0 Å². The molecule has 0 rings (SSSR count). The Morgan fingerprint density at radius 1 is 1.54 bits per heavy atom. The van der Waals surface area contributed by atoms with E-state index in [2.05, 4.69) is 0 Å². The maximum Gasteiger partial charge on any atom is 0.405 e. The van der Waals surface area contributed by atoms with Gasteiger partial charge in [-0.25, -0.2) is 4.79 Å². The molecule has 0 atom stereocenters. The molecular formula is C6H11F3N2O2. The number of nitrogens with zero attached hydrogens (tertiary/aromatic N) is 1. The summed E-state index contributed by atoms with van der Waals surface area (Å²) in [7, 11) is 1.29. The predicted octanol–water partition coefficient (Wildman–Crippen LogP) is 0.182. The van der Waals surface area contributed by atoms with Crippen LogP contribution in [0.5, 0.6) is 0 Å². The van der Waals surface area contributed by atoms with Crippen molar-refractivity contribution in [1.82, 2.24) is 10.2 Å². The van der Waals surface area contributed by atoms with Crippen molar-refractivity contribution in [3.05, 3.63) is 0 Å². The van der Waals surface area contributed by atoms with Crippen LogP contribution in [0.3, 0.4) is 0 Å². The van der Waals surface area contributed by atoms with Crippen LogP contribution in [0.2, 0.25) is 0 Å². The van der Waals surface area contributed by atoms with E-state index in [1.165, 1.54) is 7.05 Å². The molecular weight excluding hydrogens is 189 g/mol. The van der Waals surface area contributed by atoms with Gasteiger partial charge in [-0.1, -0.05) is 0 Å². The normalized spacial score (nSPS) is 11.2. The van der Waals surface area contributed by atoms with Gasteiger partial charge in [0.15, 0.2) is 0 Å². The fourth-order valence-electron chi connectivity index (χ4n) is 0.562. The van der Waals surface area contributed by atoms with E-state index in [4.69, 9.17) is 5.11 Å². The van der Waals surface area contributed by atoms with E-state index in [-0.39, 0.29) is 13.2 Å². The number of nitrogens with one attached hydrogen (secondary N) is 1. The van der Waals surface area contributed by atoms with Crippen LogP contribution < -0.4 is 5.32 Å². The van der Waals surface area contributed by atoms with Crippen molar-refractivity contribution in [3.63, 3.8) is 0 Å². The van der Waals surface area contributed by atoms with Crippen molar-refractivity contribution in [1.29, 1.82) is 0 Å². The Morgan fingerprint density at radius 3 is 2.46 bits per heavy atom. The third kappa shape index (κ3) is 6.21. The molecule has 13 heavy (non-hydrogen) atoms. The van der Waals surface area contributed by atoms with Gasteiger partial charge >= 0.3 is 12.2 Å². The van der Waals surface area contributed by atoms with Gasteiger partial charge in [-0.15, -0.1) is 0 Å². The zero-order valence-electron chi connectivity index (χ0n) is 7.06. The van der Waals surface area contributed by atoms with Crippen LogP contribution in [0.4, 0.5) is 18.0 Å². The Morgan fingerprint density at radius 2 is 2.08 bits per heavy atom. The maximum atomic E-state index is 11.6. The third-order valence-corrected chi connectivity index (χ3v) is 1.22. The molecule has 2 amide bonds. The highest BCUT2D eigenvalue weighted by atomic mass is 19.4. The molecule has 0 aromatic rings. The smallest absolute Gasteiger partial charge is 0.395 e. The molecule has 0 radical (unpaired) electrons. The highest BCUT2D eigenvalue weighted by molar-refractivity contribution is 5.73. The second-order valence-electron chi connectivity index (χ2n) is 2.42. The zero-order valence-corrected chi connectivity index (χ0v) is 7.06. The molecule has 0 aliphatic carbocycles. The number of urea groups is 1. The van der Waals surface area contributed by atoms with E-state index in [0.717, 1.165) is 4.90 Å².